The number of hydrogen-bond acceptors (Lipinski definition) is 1. The molecule has 1 N–H and O–H groups in total. The molecule has 0 radical (unpaired) electrons. The summed E-state index contributed by atoms with van der Waals surface area (Å²) in [6.07, 6.45) is 0. The molecule has 4 aromatic rings. The van der Waals surface area contributed by atoms with Gasteiger partial charge in [0.1, 0.15) is 5.75 Å². The fraction of sp³-hybridized carbons (Fsp3) is 0. The van der Waals surface area contributed by atoms with Gasteiger partial charge in [0, 0.05) is 5.39 Å². The highest BCUT2D eigenvalue weighted by Crippen LogP contribution is 2.36. The van der Waals surface area contributed by atoms with Gasteiger partial charge >= 0.3 is 0 Å². The van der Waals surface area contributed by atoms with Gasteiger partial charge in [0.25, 0.3) is 0 Å². The number of phenolic OH excluding ortho intramolecular Hbond substituents is 1. The maximum absolute atomic E-state index is 10.2. The monoisotopic (exact) mass is 296 g/mol. The molecule has 0 saturated carbocycles. The number of phenols is 1. The topological polar surface area (TPSA) is 20.2 Å². The molecule has 0 heterocycles. The maximum atomic E-state index is 10.2. The Bertz CT molecular complexity index is 957. The van der Waals surface area contributed by atoms with Gasteiger partial charge in [0.05, 0.1) is 0 Å². The number of aromatic hydroxyl groups is 1. The second-order valence-corrected chi connectivity index (χ2v) is 5.62. The SMILES string of the molecule is Oc1ccc(-c2ccccc2)c2cc(-c3ccccc3)ccc12. The van der Waals surface area contributed by atoms with Crippen LogP contribution in [0.15, 0.2) is 91.0 Å². The molecule has 0 bridgehead atoms. The van der Waals surface area contributed by atoms with E-state index < -0.39 is 0 Å². The first-order valence-electron chi connectivity index (χ1n) is 7.69. The van der Waals surface area contributed by atoms with E-state index in [0.717, 1.165) is 27.5 Å². The smallest absolute Gasteiger partial charge is 0.123 e. The standard InChI is InChI=1S/C22H16O/c23-22-14-13-19(17-9-5-2-6-10-17)21-15-18(11-12-20(21)22)16-7-3-1-4-8-16/h1-15,23H. The van der Waals surface area contributed by atoms with Crippen molar-refractivity contribution in [1.82, 2.24) is 0 Å². The lowest BCUT2D eigenvalue weighted by Gasteiger charge is -2.11. The summed E-state index contributed by atoms with van der Waals surface area (Å²) in [7, 11) is 0. The molecule has 1 nitrogen and oxygen atoms in total. The van der Waals surface area contributed by atoms with Crippen LogP contribution in [0.2, 0.25) is 0 Å². The summed E-state index contributed by atoms with van der Waals surface area (Å²) < 4.78 is 0. The minimum Gasteiger partial charge on any atom is -0.507 e. The Kier molecular flexibility index (Phi) is 3.32. The van der Waals surface area contributed by atoms with Crippen LogP contribution in [0.3, 0.4) is 0 Å². The molecule has 23 heavy (non-hydrogen) atoms. The number of rotatable bonds is 2. The first kappa shape index (κ1) is 13.6. The van der Waals surface area contributed by atoms with Gasteiger partial charge in [-0.2, -0.15) is 0 Å². The molecule has 0 aliphatic rings. The van der Waals surface area contributed by atoms with Crippen molar-refractivity contribution >= 4 is 10.8 Å². The van der Waals surface area contributed by atoms with Crippen LogP contribution in [0, 0.1) is 0 Å². The second-order valence-electron chi connectivity index (χ2n) is 5.62. The van der Waals surface area contributed by atoms with E-state index in [2.05, 4.69) is 36.4 Å². The summed E-state index contributed by atoms with van der Waals surface area (Å²) in [5.74, 6) is 0.319. The van der Waals surface area contributed by atoms with Crippen LogP contribution in [-0.2, 0) is 0 Å². The van der Waals surface area contributed by atoms with E-state index in [1.807, 2.05) is 48.5 Å². The van der Waals surface area contributed by atoms with E-state index in [0.29, 0.717) is 5.75 Å². The van der Waals surface area contributed by atoms with Gasteiger partial charge in [-0.3, -0.25) is 0 Å². The first-order chi connectivity index (χ1) is 11.3. The molecule has 0 aromatic heterocycles. The number of hydrogen-bond donors (Lipinski definition) is 1. The van der Waals surface area contributed by atoms with Gasteiger partial charge in [-0.1, -0.05) is 78.9 Å². The lowest BCUT2D eigenvalue weighted by Crippen LogP contribution is -1.84. The van der Waals surface area contributed by atoms with Crippen LogP contribution < -0.4 is 0 Å². The summed E-state index contributed by atoms with van der Waals surface area (Å²) in [5.41, 5.74) is 4.62. The predicted octanol–water partition coefficient (Wildman–Crippen LogP) is 5.88. The Hall–Kier alpha value is -3.06. The minimum atomic E-state index is 0.319. The molecule has 1 heteroatoms. The Morgan fingerprint density at radius 3 is 1.83 bits per heavy atom. The van der Waals surface area contributed by atoms with E-state index in [1.165, 1.54) is 5.56 Å². The molecule has 4 rings (SSSR count). The molecule has 0 atom stereocenters. The molecule has 4 aromatic carbocycles. The van der Waals surface area contributed by atoms with Crippen molar-refractivity contribution in [2.45, 2.75) is 0 Å². The van der Waals surface area contributed by atoms with Crippen molar-refractivity contribution in [3.05, 3.63) is 91.0 Å². The lowest BCUT2D eigenvalue weighted by molar-refractivity contribution is 0.481. The molecular weight excluding hydrogens is 280 g/mol. The molecule has 110 valence electrons. The number of fused-ring (bicyclic) bond motifs is 1. The summed E-state index contributed by atoms with van der Waals surface area (Å²) in [4.78, 5) is 0. The van der Waals surface area contributed by atoms with Crippen molar-refractivity contribution in [2.24, 2.45) is 0 Å². The largest absolute Gasteiger partial charge is 0.507 e. The summed E-state index contributed by atoms with van der Waals surface area (Å²) in [5, 5.41) is 12.2. The van der Waals surface area contributed by atoms with Crippen molar-refractivity contribution in [3.63, 3.8) is 0 Å². The molecule has 0 unspecified atom stereocenters. The predicted molar refractivity (Wildman–Crippen MR) is 96.5 cm³/mol. The molecular formula is C22H16O. The Labute approximate surface area is 135 Å². The third kappa shape index (κ3) is 2.47. The molecule has 0 fully saturated rings. The normalized spacial score (nSPS) is 10.8. The average molecular weight is 296 g/mol. The number of benzene rings is 4. The summed E-state index contributed by atoms with van der Waals surface area (Å²) >= 11 is 0. The fourth-order valence-corrected chi connectivity index (χ4v) is 3.01. The zero-order valence-electron chi connectivity index (χ0n) is 12.6. The minimum absolute atomic E-state index is 0.319. The highest BCUT2D eigenvalue weighted by Gasteiger charge is 2.09. The summed E-state index contributed by atoms with van der Waals surface area (Å²) in [6.45, 7) is 0. The third-order valence-electron chi connectivity index (χ3n) is 4.19. The van der Waals surface area contributed by atoms with Crippen molar-refractivity contribution in [2.75, 3.05) is 0 Å². The van der Waals surface area contributed by atoms with Crippen LogP contribution in [0.5, 0.6) is 5.75 Å². The third-order valence-corrected chi connectivity index (χ3v) is 4.19. The van der Waals surface area contributed by atoms with E-state index in [4.69, 9.17) is 0 Å². The molecule has 0 aliphatic carbocycles. The van der Waals surface area contributed by atoms with Crippen molar-refractivity contribution in [1.29, 1.82) is 0 Å². The maximum Gasteiger partial charge on any atom is 0.123 e. The van der Waals surface area contributed by atoms with E-state index in [1.54, 1.807) is 6.07 Å². The molecule has 0 aliphatic heterocycles. The van der Waals surface area contributed by atoms with Crippen LogP contribution in [0.25, 0.3) is 33.0 Å². The van der Waals surface area contributed by atoms with Gasteiger partial charge in [0.15, 0.2) is 0 Å². The van der Waals surface area contributed by atoms with Crippen LogP contribution in [0.4, 0.5) is 0 Å². The second kappa shape index (κ2) is 5.62. The van der Waals surface area contributed by atoms with E-state index in [-0.39, 0.29) is 0 Å². The highest BCUT2D eigenvalue weighted by atomic mass is 16.3. The Balaban J connectivity index is 1.99. The van der Waals surface area contributed by atoms with Crippen molar-refractivity contribution < 1.29 is 5.11 Å². The van der Waals surface area contributed by atoms with Crippen LogP contribution >= 0.6 is 0 Å². The fourth-order valence-electron chi connectivity index (χ4n) is 3.01. The first-order valence-corrected chi connectivity index (χ1v) is 7.69. The van der Waals surface area contributed by atoms with Gasteiger partial charge in [-0.25, -0.2) is 0 Å². The zero-order valence-corrected chi connectivity index (χ0v) is 12.6. The van der Waals surface area contributed by atoms with Gasteiger partial charge in [-0.15, -0.1) is 0 Å². The van der Waals surface area contributed by atoms with Crippen LogP contribution in [0.1, 0.15) is 0 Å². The zero-order chi connectivity index (χ0) is 15.6. The lowest BCUT2D eigenvalue weighted by atomic mass is 9.94. The van der Waals surface area contributed by atoms with Crippen molar-refractivity contribution in [3.8, 4) is 28.0 Å². The Morgan fingerprint density at radius 1 is 0.478 bits per heavy atom. The van der Waals surface area contributed by atoms with E-state index >= 15 is 0 Å². The van der Waals surface area contributed by atoms with E-state index in [9.17, 15) is 5.11 Å². The van der Waals surface area contributed by atoms with Gasteiger partial charge in [-0.05, 0) is 39.8 Å². The quantitative estimate of drug-likeness (QED) is 0.490. The average Bonchev–Trinajstić information content (AvgIpc) is 2.63. The molecule has 0 spiro atoms. The van der Waals surface area contributed by atoms with Gasteiger partial charge < -0.3 is 5.11 Å². The van der Waals surface area contributed by atoms with Crippen LogP contribution in [-0.4, -0.2) is 5.11 Å². The molecule has 0 saturated heterocycles. The Morgan fingerprint density at radius 2 is 1.13 bits per heavy atom. The summed E-state index contributed by atoms with van der Waals surface area (Å²) in [6, 6.07) is 30.6. The highest BCUT2D eigenvalue weighted by molar-refractivity contribution is 6.02. The molecule has 0 amide bonds. The van der Waals surface area contributed by atoms with Gasteiger partial charge in [0.2, 0.25) is 0 Å².